The van der Waals surface area contributed by atoms with Crippen molar-refractivity contribution in [3.05, 3.63) is 28.6 Å². The van der Waals surface area contributed by atoms with Crippen molar-refractivity contribution in [2.45, 2.75) is 50.6 Å². The smallest absolute Gasteiger partial charge is 0.0609 e. The maximum Gasteiger partial charge on any atom is 0.0609 e. The molecule has 4 rings (SSSR count). The van der Waals surface area contributed by atoms with Gasteiger partial charge in [-0.1, -0.05) is 6.07 Å². The Morgan fingerprint density at radius 3 is 1.75 bits per heavy atom. The van der Waals surface area contributed by atoms with Gasteiger partial charge in [-0.2, -0.15) is 0 Å². The molecule has 1 aromatic heterocycles. The summed E-state index contributed by atoms with van der Waals surface area (Å²) in [6.45, 7) is 6.17. The summed E-state index contributed by atoms with van der Waals surface area (Å²) >= 11 is 0. The third kappa shape index (κ3) is 3.64. The van der Waals surface area contributed by atoms with E-state index in [0.29, 0.717) is 12.1 Å². The van der Waals surface area contributed by atoms with E-state index in [1.807, 2.05) is 0 Å². The van der Waals surface area contributed by atoms with Crippen molar-refractivity contribution in [1.82, 2.24) is 26.3 Å². The number of nitrogens with zero attached hydrogens (tertiary/aromatic N) is 1. The Kier molecular flexibility index (Phi) is 5.43. The van der Waals surface area contributed by atoms with E-state index >= 15 is 0 Å². The van der Waals surface area contributed by atoms with Crippen LogP contribution in [0.1, 0.15) is 60.3 Å². The molecule has 132 valence electrons. The standard InChI is InChI=1S/C19H31N5/c1-3-14-13-15-4-2-6-17-19(15)24-18(14)16(5-1)22-11-9-20-7-8-21-10-12-23-17/h13,16-17,20-23H,1-12H2. The molecule has 2 bridgehead atoms. The van der Waals surface area contributed by atoms with Gasteiger partial charge in [0.2, 0.25) is 0 Å². The number of aryl methyl sites for hydroxylation is 2. The van der Waals surface area contributed by atoms with E-state index in [4.69, 9.17) is 4.98 Å². The third-order valence-electron chi connectivity index (χ3n) is 5.65. The fourth-order valence-electron chi connectivity index (χ4n) is 4.40. The summed E-state index contributed by atoms with van der Waals surface area (Å²) in [6.07, 6.45) is 7.41. The van der Waals surface area contributed by atoms with Crippen LogP contribution in [0.4, 0.5) is 0 Å². The Morgan fingerprint density at radius 1 is 0.708 bits per heavy atom. The zero-order valence-corrected chi connectivity index (χ0v) is 14.7. The van der Waals surface area contributed by atoms with E-state index in [1.165, 1.54) is 61.0 Å². The molecule has 24 heavy (non-hydrogen) atoms. The molecule has 0 spiro atoms. The van der Waals surface area contributed by atoms with E-state index in [0.717, 1.165) is 39.3 Å². The molecule has 2 atom stereocenters. The Bertz CT molecular complexity index is 514. The molecule has 0 saturated heterocycles. The molecule has 0 amide bonds. The van der Waals surface area contributed by atoms with Crippen LogP contribution < -0.4 is 21.3 Å². The van der Waals surface area contributed by atoms with Crippen LogP contribution in [0.5, 0.6) is 0 Å². The molecule has 1 aromatic rings. The molecule has 4 N–H and O–H groups in total. The summed E-state index contributed by atoms with van der Waals surface area (Å²) in [4.78, 5) is 5.22. The Balaban J connectivity index is 1.62. The molecule has 2 aliphatic carbocycles. The van der Waals surface area contributed by atoms with Crippen LogP contribution in [0.2, 0.25) is 0 Å². The first-order chi connectivity index (χ1) is 11.9. The summed E-state index contributed by atoms with van der Waals surface area (Å²) < 4.78 is 0. The second-order valence-electron chi connectivity index (χ2n) is 7.37. The second-order valence-corrected chi connectivity index (χ2v) is 7.37. The molecular weight excluding hydrogens is 298 g/mol. The summed E-state index contributed by atoms with van der Waals surface area (Å²) in [6, 6.07) is 3.35. The van der Waals surface area contributed by atoms with Crippen molar-refractivity contribution in [2.24, 2.45) is 0 Å². The second kappa shape index (κ2) is 7.91. The maximum absolute atomic E-state index is 5.22. The summed E-state index contributed by atoms with van der Waals surface area (Å²) in [7, 11) is 0. The molecule has 0 aromatic carbocycles. The van der Waals surface area contributed by atoms with Crippen LogP contribution in [0.15, 0.2) is 6.07 Å². The molecular formula is C19H31N5. The summed E-state index contributed by atoms with van der Waals surface area (Å²) in [5, 5.41) is 14.5. The molecule has 2 unspecified atom stereocenters. The van der Waals surface area contributed by atoms with Gasteiger partial charge in [0.1, 0.15) is 0 Å². The first-order valence-corrected chi connectivity index (χ1v) is 9.82. The van der Waals surface area contributed by atoms with Gasteiger partial charge in [0, 0.05) is 51.4 Å². The van der Waals surface area contributed by atoms with Gasteiger partial charge in [-0.25, -0.2) is 0 Å². The van der Waals surface area contributed by atoms with E-state index < -0.39 is 0 Å². The number of hydrogen-bond acceptors (Lipinski definition) is 5. The number of hydrogen-bond donors (Lipinski definition) is 4. The quantitative estimate of drug-likeness (QED) is 0.576. The van der Waals surface area contributed by atoms with Crippen LogP contribution >= 0.6 is 0 Å². The van der Waals surface area contributed by atoms with Crippen LogP contribution in [0.25, 0.3) is 0 Å². The van der Waals surface area contributed by atoms with Crippen molar-refractivity contribution in [1.29, 1.82) is 0 Å². The highest BCUT2D eigenvalue weighted by Crippen LogP contribution is 2.35. The minimum atomic E-state index is 0.437. The number of nitrogens with one attached hydrogen (secondary N) is 4. The minimum absolute atomic E-state index is 0.437. The number of rotatable bonds is 0. The molecule has 0 saturated carbocycles. The predicted octanol–water partition coefficient (Wildman–Crippen LogP) is 1.21. The van der Waals surface area contributed by atoms with Gasteiger partial charge in [0.15, 0.2) is 0 Å². The van der Waals surface area contributed by atoms with Crippen LogP contribution in [-0.2, 0) is 12.8 Å². The summed E-state index contributed by atoms with van der Waals surface area (Å²) in [5.74, 6) is 0. The SMILES string of the molecule is c1c2c3nc4c1CCCC4NCCNCCNCCNC3CCC2. The van der Waals surface area contributed by atoms with Gasteiger partial charge in [-0.3, -0.25) is 4.98 Å². The van der Waals surface area contributed by atoms with Gasteiger partial charge in [-0.05, 0) is 49.7 Å². The highest BCUT2D eigenvalue weighted by Gasteiger charge is 2.27. The van der Waals surface area contributed by atoms with E-state index in [2.05, 4.69) is 27.3 Å². The fraction of sp³-hybridized carbons (Fsp3) is 0.737. The highest BCUT2D eigenvalue weighted by atomic mass is 15.0. The maximum atomic E-state index is 5.22. The van der Waals surface area contributed by atoms with Crippen molar-refractivity contribution in [2.75, 3.05) is 39.3 Å². The van der Waals surface area contributed by atoms with E-state index in [-0.39, 0.29) is 0 Å². The van der Waals surface area contributed by atoms with Gasteiger partial charge < -0.3 is 21.3 Å². The molecule has 3 aliphatic rings. The van der Waals surface area contributed by atoms with Gasteiger partial charge in [0.25, 0.3) is 0 Å². The van der Waals surface area contributed by atoms with Gasteiger partial charge >= 0.3 is 0 Å². The van der Waals surface area contributed by atoms with Crippen molar-refractivity contribution in [3.63, 3.8) is 0 Å². The Morgan fingerprint density at radius 2 is 1.21 bits per heavy atom. The first-order valence-electron chi connectivity index (χ1n) is 9.82. The average Bonchev–Trinajstić information content (AvgIpc) is 2.62. The molecule has 0 fully saturated rings. The number of pyridine rings is 1. The van der Waals surface area contributed by atoms with E-state index in [1.54, 1.807) is 0 Å². The van der Waals surface area contributed by atoms with Crippen LogP contribution in [0.3, 0.4) is 0 Å². The topological polar surface area (TPSA) is 61.0 Å². The Hall–Kier alpha value is -1.01. The number of aromatic nitrogens is 1. The van der Waals surface area contributed by atoms with Crippen molar-refractivity contribution >= 4 is 0 Å². The monoisotopic (exact) mass is 329 g/mol. The molecule has 2 heterocycles. The van der Waals surface area contributed by atoms with Gasteiger partial charge in [0.05, 0.1) is 11.4 Å². The predicted molar refractivity (Wildman–Crippen MR) is 97.3 cm³/mol. The van der Waals surface area contributed by atoms with Crippen LogP contribution in [0, 0.1) is 0 Å². The molecule has 1 aliphatic heterocycles. The third-order valence-corrected chi connectivity index (χ3v) is 5.65. The van der Waals surface area contributed by atoms with Gasteiger partial charge in [-0.15, -0.1) is 0 Å². The molecule has 5 heteroatoms. The lowest BCUT2D eigenvalue weighted by Crippen LogP contribution is -2.36. The average molecular weight is 329 g/mol. The first kappa shape index (κ1) is 16.5. The van der Waals surface area contributed by atoms with E-state index in [9.17, 15) is 0 Å². The highest BCUT2D eigenvalue weighted by molar-refractivity contribution is 5.36. The molecule has 5 nitrogen and oxygen atoms in total. The lowest BCUT2D eigenvalue weighted by Gasteiger charge is -2.31. The minimum Gasteiger partial charge on any atom is -0.314 e. The fourth-order valence-corrected chi connectivity index (χ4v) is 4.40. The van der Waals surface area contributed by atoms with Crippen molar-refractivity contribution in [3.8, 4) is 0 Å². The lowest BCUT2D eigenvalue weighted by atomic mass is 9.85. The normalized spacial score (nSPS) is 28.7. The lowest BCUT2D eigenvalue weighted by molar-refractivity contribution is 0.424. The zero-order valence-electron chi connectivity index (χ0n) is 14.7. The van der Waals surface area contributed by atoms with Crippen LogP contribution in [-0.4, -0.2) is 44.3 Å². The Labute approximate surface area is 145 Å². The molecule has 0 radical (unpaired) electrons. The van der Waals surface area contributed by atoms with Crippen molar-refractivity contribution < 1.29 is 0 Å². The summed E-state index contributed by atoms with van der Waals surface area (Å²) in [5.41, 5.74) is 5.66. The zero-order chi connectivity index (χ0) is 16.2. The largest absolute Gasteiger partial charge is 0.314 e.